The Balaban J connectivity index is -0.000000176. The second-order valence-electron chi connectivity index (χ2n) is 18.6. The minimum absolute atomic E-state index is 0. The van der Waals surface area contributed by atoms with Crippen LogP contribution in [0.25, 0.3) is 0 Å². The fourth-order valence-corrected chi connectivity index (χ4v) is 4.69. The van der Waals surface area contributed by atoms with Gasteiger partial charge in [-0.25, -0.2) is 0 Å². The number of hydrogen-bond acceptors (Lipinski definition) is 25. The van der Waals surface area contributed by atoms with Crippen molar-refractivity contribution < 1.29 is 56.2 Å². The first-order valence-electron chi connectivity index (χ1n) is 23.6. The molecule has 25 heteroatoms. The molecule has 25 nitrogen and oxygen atoms in total. The van der Waals surface area contributed by atoms with Gasteiger partial charge in [-0.05, 0) is 48.5 Å². The molecule has 0 amide bonds. The van der Waals surface area contributed by atoms with E-state index in [1.54, 1.807) is 41.5 Å². The minimum Gasteiger partial charge on any atom is -0.395 e. The lowest BCUT2D eigenvalue weighted by Crippen LogP contribution is -2.46. The van der Waals surface area contributed by atoms with Crippen LogP contribution in [0.5, 0.6) is 0 Å². The van der Waals surface area contributed by atoms with Gasteiger partial charge in [-0.2, -0.15) is 0 Å². The standard InChI is InChI=1S/C8H18N2O3.2C8H18N2O2.2C7H17N3O.C7H16N2O2/c1-4(2)6(10)8(13)7(12)5(11)3-9;1-5(2)8(10)7(12)3-6(11)4-9;1-5(2)7(10)8(12)6(11)3-4-9;2*1-4(2)6(10)7(11)5(9)3-8;1-4(2)6(9)7(11)5(8)3-10/h4-5,7-8,10-13H,3,9H2,1-2H3;5-7,10-12H,3-4,9H2,1-2H3;5-6,8,10-12H,3-4,9H2,1-2H3;2*4-5,7,10-11H,3,8-9H2,1-2H3;4-5,7,9-11H,3,8H2,1-2H3/t5?,7?,8-;6?,7-;6?,8-;3*5?,7-/m100000/s1. The smallest absolute Gasteiger partial charge is 0.120 e. The van der Waals surface area contributed by atoms with Gasteiger partial charge in [0.25, 0.3) is 0 Å². The molecule has 0 rings (SSSR count). The highest BCUT2D eigenvalue weighted by Gasteiger charge is 2.28. The zero-order chi connectivity index (χ0) is 57.1. The number of hydrogen-bond donors (Lipinski definition) is 25. The van der Waals surface area contributed by atoms with Gasteiger partial charge in [0.1, 0.15) is 36.6 Å². The molecule has 0 spiro atoms. The summed E-state index contributed by atoms with van der Waals surface area (Å²) in [5, 5.41) is 146. The van der Waals surface area contributed by atoms with E-state index in [4.69, 9.17) is 93.6 Å². The first-order valence-corrected chi connectivity index (χ1v) is 23.6. The average molecular weight is 1020 g/mol. The van der Waals surface area contributed by atoms with Gasteiger partial charge in [0.2, 0.25) is 0 Å². The molecule has 0 aliphatic rings. The van der Waals surface area contributed by atoms with Crippen molar-refractivity contribution in [2.45, 2.75) is 175 Å². The summed E-state index contributed by atoms with van der Waals surface area (Å²) < 4.78 is 0. The molecular formula is C45H104N14O11. The molecule has 420 valence electrons. The molecule has 0 bridgehead atoms. The maximum Gasteiger partial charge on any atom is 0.120 e. The summed E-state index contributed by atoms with van der Waals surface area (Å²) >= 11 is 0. The van der Waals surface area contributed by atoms with Gasteiger partial charge < -0.3 is 134 Å². The van der Waals surface area contributed by atoms with Crippen molar-refractivity contribution in [3.63, 3.8) is 0 Å². The van der Waals surface area contributed by atoms with Crippen LogP contribution in [0.4, 0.5) is 0 Å². The van der Waals surface area contributed by atoms with Crippen molar-refractivity contribution in [2.24, 2.45) is 81.4 Å². The van der Waals surface area contributed by atoms with Crippen molar-refractivity contribution in [3.8, 4) is 0 Å². The second kappa shape index (κ2) is 43.8. The molecule has 0 fully saturated rings. The predicted molar refractivity (Wildman–Crippen MR) is 281 cm³/mol. The summed E-state index contributed by atoms with van der Waals surface area (Å²) in [6, 6.07) is -1.75. The van der Waals surface area contributed by atoms with Gasteiger partial charge in [-0.1, -0.05) is 83.1 Å². The first kappa shape index (κ1) is 78.7. The minimum atomic E-state index is -1.38. The molecule has 0 saturated carbocycles. The number of rotatable bonds is 27. The summed E-state index contributed by atoms with van der Waals surface area (Å²) in [4.78, 5) is 0. The molecule has 0 aromatic carbocycles. The van der Waals surface area contributed by atoms with Crippen molar-refractivity contribution in [1.82, 2.24) is 0 Å². The van der Waals surface area contributed by atoms with E-state index in [2.05, 4.69) is 0 Å². The van der Waals surface area contributed by atoms with Crippen LogP contribution in [0.1, 0.15) is 95.9 Å². The quantitative estimate of drug-likeness (QED) is 0.0350. The third-order valence-electron chi connectivity index (χ3n) is 10.2. The van der Waals surface area contributed by atoms with E-state index in [9.17, 15) is 40.9 Å². The van der Waals surface area contributed by atoms with Crippen LogP contribution < -0.4 is 45.9 Å². The normalized spacial score (nSPS) is 16.8. The Morgan fingerprint density at radius 1 is 0.371 bits per heavy atom. The number of nitrogens with two attached hydrogens (primary N) is 8. The van der Waals surface area contributed by atoms with Crippen LogP contribution in [0, 0.1) is 68.0 Å². The SMILES string of the molecule is CC(C)C(=N)[C@@H](O)C(N)CN.CC(C)C(=N)[C@@H](O)C(N)CN.CC(C)C(=N)[C@@H](O)C(N)CO.CC(C)C(=N)[C@@H](O)C(O)C(O)CN.CC(C)C(=N)[C@@H](O)C(O)CCN.CC(C)C(=N)[C@@H](O)CC(O)CN. The van der Waals surface area contributed by atoms with Gasteiger partial charge in [-0.15, -0.1) is 0 Å². The molecule has 7 unspecified atom stereocenters. The zero-order valence-electron chi connectivity index (χ0n) is 44.2. The lowest BCUT2D eigenvalue weighted by atomic mass is 9.96. The maximum absolute atomic E-state index is 9.37. The molecule has 0 saturated heterocycles. The van der Waals surface area contributed by atoms with Gasteiger partial charge in [0, 0.05) is 79.0 Å². The highest BCUT2D eigenvalue weighted by molar-refractivity contribution is 5.90. The Morgan fingerprint density at radius 2 is 0.657 bits per heavy atom. The third-order valence-corrected chi connectivity index (χ3v) is 10.2. The molecular weight excluding hydrogens is 913 g/mol. The summed E-state index contributed by atoms with van der Waals surface area (Å²) in [5.41, 5.74) is 43.2. The van der Waals surface area contributed by atoms with E-state index < -0.39 is 79.2 Å². The zero-order valence-corrected chi connectivity index (χ0v) is 44.2. The summed E-state index contributed by atoms with van der Waals surface area (Å²) in [6.07, 6.45) is -9.72. The molecule has 70 heavy (non-hydrogen) atoms. The average Bonchev–Trinajstić information content (AvgIpc) is 3.32. The Bertz CT molecular complexity index is 1320. The molecule has 33 N–H and O–H groups in total. The van der Waals surface area contributed by atoms with Gasteiger partial charge in [0.05, 0.1) is 37.1 Å². The molecule has 0 aliphatic carbocycles. The van der Waals surface area contributed by atoms with E-state index in [1.165, 1.54) is 0 Å². The summed E-state index contributed by atoms with van der Waals surface area (Å²) in [6.45, 7) is 22.1. The topological polar surface area (TPSA) is 574 Å². The maximum atomic E-state index is 9.37. The van der Waals surface area contributed by atoms with Crippen molar-refractivity contribution in [2.75, 3.05) is 39.3 Å². The third kappa shape index (κ3) is 36.2. The summed E-state index contributed by atoms with van der Waals surface area (Å²) in [5.74, 6) is -0.139. The Labute approximate surface area is 417 Å². The van der Waals surface area contributed by atoms with Gasteiger partial charge in [-0.3, -0.25) is 0 Å². The van der Waals surface area contributed by atoms with E-state index in [-0.39, 0.29) is 109 Å². The van der Waals surface area contributed by atoms with Gasteiger partial charge >= 0.3 is 0 Å². The fourth-order valence-electron chi connectivity index (χ4n) is 4.69. The molecule has 0 radical (unpaired) electrons. The lowest BCUT2D eigenvalue weighted by molar-refractivity contribution is -0.0312. The Morgan fingerprint density at radius 3 is 0.900 bits per heavy atom. The Hall–Kier alpha value is -2.74. The van der Waals surface area contributed by atoms with Gasteiger partial charge in [0.15, 0.2) is 0 Å². The molecule has 0 aromatic heterocycles. The van der Waals surface area contributed by atoms with Crippen LogP contribution in [0.15, 0.2) is 0 Å². The lowest BCUT2D eigenvalue weighted by Gasteiger charge is -2.23. The van der Waals surface area contributed by atoms with E-state index in [0.29, 0.717) is 13.0 Å². The largest absolute Gasteiger partial charge is 0.395 e. The second-order valence-corrected chi connectivity index (χ2v) is 18.6. The van der Waals surface area contributed by atoms with E-state index in [0.717, 1.165) is 0 Å². The van der Waals surface area contributed by atoms with Crippen molar-refractivity contribution in [1.29, 1.82) is 32.5 Å². The van der Waals surface area contributed by atoms with Crippen LogP contribution in [0.3, 0.4) is 0 Å². The highest BCUT2D eigenvalue weighted by Crippen LogP contribution is 2.09. The number of aliphatic hydroxyl groups is 11. The predicted octanol–water partition coefficient (Wildman–Crippen LogP) is -3.87. The van der Waals surface area contributed by atoms with Crippen LogP contribution in [-0.4, -0.2) is 209 Å². The highest BCUT2D eigenvalue weighted by atomic mass is 16.4. The van der Waals surface area contributed by atoms with E-state index >= 15 is 0 Å². The van der Waals surface area contributed by atoms with E-state index in [1.807, 2.05) is 41.5 Å². The number of aliphatic hydroxyl groups excluding tert-OH is 11. The number of nitrogens with one attached hydrogen (secondary N) is 6. The summed E-state index contributed by atoms with van der Waals surface area (Å²) in [7, 11) is 0. The van der Waals surface area contributed by atoms with Crippen molar-refractivity contribution >= 4 is 34.3 Å². The van der Waals surface area contributed by atoms with Crippen LogP contribution in [0.2, 0.25) is 0 Å². The molecule has 0 aliphatic heterocycles. The molecule has 0 heterocycles. The molecule has 0 aromatic rings. The Kier molecular flexibility index (Phi) is 49.2. The monoisotopic (exact) mass is 1020 g/mol. The molecule has 13 atom stereocenters. The van der Waals surface area contributed by atoms with Crippen LogP contribution >= 0.6 is 0 Å². The first-order chi connectivity index (χ1) is 31.9. The van der Waals surface area contributed by atoms with Crippen molar-refractivity contribution in [3.05, 3.63) is 0 Å². The fraction of sp³-hybridized carbons (Fsp3) is 0.867. The van der Waals surface area contributed by atoms with Crippen LogP contribution in [-0.2, 0) is 0 Å².